The Morgan fingerprint density at radius 1 is 1.42 bits per heavy atom. The van der Waals surface area contributed by atoms with Gasteiger partial charge in [-0.05, 0) is 25.3 Å². The number of hydrogen-bond acceptors (Lipinski definition) is 4. The van der Waals surface area contributed by atoms with Crippen LogP contribution in [-0.4, -0.2) is 62.8 Å². The molecule has 0 saturated carbocycles. The third-order valence-electron chi connectivity index (χ3n) is 4.24. The number of ether oxygens (including phenoxy) is 1. The van der Waals surface area contributed by atoms with Crippen LogP contribution in [0.1, 0.15) is 26.2 Å². The molecule has 2 aliphatic rings. The van der Waals surface area contributed by atoms with Crippen molar-refractivity contribution in [3.8, 4) is 0 Å². The highest BCUT2D eigenvalue weighted by Crippen LogP contribution is 2.19. The number of carbonyl (C=O) groups is 1. The second kappa shape index (κ2) is 7.82. The number of nitrogens with zero attached hydrogens (tertiary/aromatic N) is 1. The van der Waals surface area contributed by atoms with Gasteiger partial charge in [0.2, 0.25) is 5.91 Å². The third-order valence-corrected chi connectivity index (χ3v) is 4.24. The fraction of sp³-hybridized carbons (Fsp3) is 0.929. The Balaban J connectivity index is 1.63. The quantitative estimate of drug-likeness (QED) is 0.749. The standard InChI is InChI=1S/C14H27N3O2/c1-2-12-3-4-15-13(11-12)14(18)16-5-6-17-7-9-19-10-8-17/h12-13,15H,2-11H2,1H3,(H,16,18). The molecule has 2 aliphatic heterocycles. The zero-order valence-corrected chi connectivity index (χ0v) is 12.0. The summed E-state index contributed by atoms with van der Waals surface area (Å²) in [6.45, 7) is 8.45. The summed E-state index contributed by atoms with van der Waals surface area (Å²) in [5.41, 5.74) is 0. The van der Waals surface area contributed by atoms with Gasteiger partial charge in [0.05, 0.1) is 19.3 Å². The van der Waals surface area contributed by atoms with E-state index in [9.17, 15) is 4.79 Å². The van der Waals surface area contributed by atoms with E-state index >= 15 is 0 Å². The van der Waals surface area contributed by atoms with Crippen molar-refractivity contribution in [2.45, 2.75) is 32.2 Å². The van der Waals surface area contributed by atoms with E-state index in [4.69, 9.17) is 4.74 Å². The molecule has 0 aromatic carbocycles. The summed E-state index contributed by atoms with van der Waals surface area (Å²) in [6.07, 6.45) is 3.37. The predicted molar refractivity (Wildman–Crippen MR) is 75.1 cm³/mol. The lowest BCUT2D eigenvalue weighted by Gasteiger charge is -2.30. The molecule has 0 bridgehead atoms. The lowest BCUT2D eigenvalue weighted by Crippen LogP contribution is -2.50. The van der Waals surface area contributed by atoms with Gasteiger partial charge in [-0.2, -0.15) is 0 Å². The minimum absolute atomic E-state index is 0.0170. The van der Waals surface area contributed by atoms with Gasteiger partial charge in [-0.15, -0.1) is 0 Å². The molecule has 5 nitrogen and oxygen atoms in total. The van der Waals surface area contributed by atoms with Crippen LogP contribution >= 0.6 is 0 Å². The fourth-order valence-electron chi connectivity index (χ4n) is 2.85. The molecule has 110 valence electrons. The van der Waals surface area contributed by atoms with Crippen LogP contribution in [0.25, 0.3) is 0 Å². The van der Waals surface area contributed by atoms with Crippen LogP contribution in [-0.2, 0) is 9.53 Å². The lowest BCUT2D eigenvalue weighted by molar-refractivity contribution is -0.124. The molecule has 0 aromatic heterocycles. The minimum Gasteiger partial charge on any atom is -0.379 e. The van der Waals surface area contributed by atoms with Crippen LogP contribution in [0.5, 0.6) is 0 Å². The second-order valence-electron chi connectivity index (χ2n) is 5.55. The molecule has 2 fully saturated rings. The zero-order valence-electron chi connectivity index (χ0n) is 12.0. The van der Waals surface area contributed by atoms with Crippen molar-refractivity contribution >= 4 is 5.91 Å². The molecule has 2 unspecified atom stereocenters. The Morgan fingerprint density at radius 2 is 2.21 bits per heavy atom. The highest BCUT2D eigenvalue weighted by molar-refractivity contribution is 5.81. The predicted octanol–water partition coefficient (Wildman–Crippen LogP) is 0.213. The van der Waals surface area contributed by atoms with Crippen molar-refractivity contribution in [2.24, 2.45) is 5.92 Å². The van der Waals surface area contributed by atoms with E-state index in [1.54, 1.807) is 0 Å². The van der Waals surface area contributed by atoms with Crippen molar-refractivity contribution in [3.63, 3.8) is 0 Å². The highest BCUT2D eigenvalue weighted by Gasteiger charge is 2.25. The minimum atomic E-state index is 0.0170. The summed E-state index contributed by atoms with van der Waals surface area (Å²) in [7, 11) is 0. The molecule has 0 aromatic rings. The number of morpholine rings is 1. The van der Waals surface area contributed by atoms with Crippen molar-refractivity contribution in [1.82, 2.24) is 15.5 Å². The molecular formula is C14H27N3O2. The van der Waals surface area contributed by atoms with Gasteiger partial charge in [-0.25, -0.2) is 0 Å². The van der Waals surface area contributed by atoms with Crippen molar-refractivity contribution < 1.29 is 9.53 Å². The molecule has 2 heterocycles. The van der Waals surface area contributed by atoms with Crippen LogP contribution in [0.15, 0.2) is 0 Å². The monoisotopic (exact) mass is 269 g/mol. The van der Waals surface area contributed by atoms with Gasteiger partial charge >= 0.3 is 0 Å². The van der Waals surface area contributed by atoms with Crippen LogP contribution in [0.3, 0.4) is 0 Å². The first-order valence-corrected chi connectivity index (χ1v) is 7.60. The van der Waals surface area contributed by atoms with E-state index in [0.717, 1.165) is 52.4 Å². The Bertz CT molecular complexity index is 280. The first-order chi connectivity index (χ1) is 9.29. The van der Waals surface area contributed by atoms with Crippen molar-refractivity contribution in [2.75, 3.05) is 45.9 Å². The van der Waals surface area contributed by atoms with Gasteiger partial charge in [0, 0.05) is 26.2 Å². The van der Waals surface area contributed by atoms with Crippen LogP contribution in [0.4, 0.5) is 0 Å². The molecule has 5 heteroatoms. The topological polar surface area (TPSA) is 53.6 Å². The first-order valence-electron chi connectivity index (χ1n) is 7.60. The summed E-state index contributed by atoms with van der Waals surface area (Å²) in [4.78, 5) is 14.4. The molecular weight excluding hydrogens is 242 g/mol. The van der Waals surface area contributed by atoms with Crippen LogP contribution in [0, 0.1) is 5.92 Å². The van der Waals surface area contributed by atoms with Crippen LogP contribution < -0.4 is 10.6 Å². The summed E-state index contributed by atoms with van der Waals surface area (Å²) in [5, 5.41) is 6.39. The van der Waals surface area contributed by atoms with E-state index in [1.807, 2.05) is 0 Å². The third kappa shape index (κ3) is 4.75. The Hall–Kier alpha value is -0.650. The van der Waals surface area contributed by atoms with Gasteiger partial charge in [-0.3, -0.25) is 9.69 Å². The van der Waals surface area contributed by atoms with Gasteiger partial charge in [0.25, 0.3) is 0 Å². The number of nitrogens with one attached hydrogen (secondary N) is 2. The normalized spacial score (nSPS) is 29.1. The molecule has 2 atom stereocenters. The summed E-state index contributed by atoms with van der Waals surface area (Å²) in [5.74, 6) is 0.877. The molecule has 2 N–H and O–H groups in total. The summed E-state index contributed by atoms with van der Waals surface area (Å²) < 4.78 is 5.31. The van der Waals surface area contributed by atoms with Crippen LogP contribution in [0.2, 0.25) is 0 Å². The summed E-state index contributed by atoms with van der Waals surface area (Å²) >= 11 is 0. The molecule has 0 radical (unpaired) electrons. The first kappa shape index (κ1) is 14.8. The number of carbonyl (C=O) groups excluding carboxylic acids is 1. The van der Waals surface area contributed by atoms with Gasteiger partial charge in [0.1, 0.15) is 0 Å². The average Bonchev–Trinajstić information content (AvgIpc) is 2.48. The van der Waals surface area contributed by atoms with Gasteiger partial charge < -0.3 is 15.4 Å². The van der Waals surface area contributed by atoms with E-state index in [2.05, 4.69) is 22.5 Å². The maximum absolute atomic E-state index is 12.1. The molecule has 19 heavy (non-hydrogen) atoms. The maximum Gasteiger partial charge on any atom is 0.237 e. The maximum atomic E-state index is 12.1. The lowest BCUT2D eigenvalue weighted by atomic mass is 9.90. The highest BCUT2D eigenvalue weighted by atomic mass is 16.5. The SMILES string of the molecule is CCC1CCNC(C(=O)NCCN2CCOCC2)C1. The fourth-order valence-corrected chi connectivity index (χ4v) is 2.85. The number of rotatable bonds is 5. The van der Waals surface area contributed by atoms with E-state index in [1.165, 1.54) is 12.8 Å². The molecule has 0 aliphatic carbocycles. The van der Waals surface area contributed by atoms with Gasteiger partial charge in [0.15, 0.2) is 0 Å². The molecule has 1 amide bonds. The van der Waals surface area contributed by atoms with E-state index < -0.39 is 0 Å². The van der Waals surface area contributed by atoms with E-state index in [0.29, 0.717) is 5.92 Å². The number of piperidine rings is 1. The van der Waals surface area contributed by atoms with E-state index in [-0.39, 0.29) is 11.9 Å². The smallest absolute Gasteiger partial charge is 0.237 e. The van der Waals surface area contributed by atoms with Crippen molar-refractivity contribution in [1.29, 1.82) is 0 Å². The van der Waals surface area contributed by atoms with Gasteiger partial charge in [-0.1, -0.05) is 13.3 Å². The second-order valence-corrected chi connectivity index (χ2v) is 5.55. The largest absolute Gasteiger partial charge is 0.379 e. The van der Waals surface area contributed by atoms with Crippen molar-refractivity contribution in [3.05, 3.63) is 0 Å². The number of hydrogen-bond donors (Lipinski definition) is 2. The molecule has 2 rings (SSSR count). The Morgan fingerprint density at radius 3 is 2.95 bits per heavy atom. The Labute approximate surface area is 116 Å². The number of amides is 1. The average molecular weight is 269 g/mol. The zero-order chi connectivity index (χ0) is 13.5. The molecule has 0 spiro atoms. The molecule has 2 saturated heterocycles. The summed E-state index contributed by atoms with van der Waals surface area (Å²) in [6, 6.07) is 0.0170. The Kier molecular flexibility index (Phi) is 6.07.